The molecule has 0 aliphatic carbocycles. The summed E-state index contributed by atoms with van der Waals surface area (Å²) in [5, 5.41) is 0. The van der Waals surface area contributed by atoms with Crippen molar-refractivity contribution < 1.29 is 0 Å². The summed E-state index contributed by atoms with van der Waals surface area (Å²) < 4.78 is 0. The molecule has 0 aromatic heterocycles. The summed E-state index contributed by atoms with van der Waals surface area (Å²) in [6.07, 6.45) is 21.1. The van der Waals surface area contributed by atoms with Gasteiger partial charge in [-0.1, -0.05) is 244 Å². The lowest BCUT2D eigenvalue weighted by Crippen LogP contribution is -1.76. The summed E-state index contributed by atoms with van der Waals surface area (Å²) in [5.74, 6) is 0. The molecular formula is C38H98. The van der Waals surface area contributed by atoms with E-state index in [1.54, 1.807) is 0 Å². The highest BCUT2D eigenvalue weighted by Gasteiger charge is 1.86. The van der Waals surface area contributed by atoms with Crippen molar-refractivity contribution in [2.24, 2.45) is 0 Å². The zero-order valence-corrected chi connectivity index (χ0v) is 19.0. The van der Waals surface area contributed by atoms with E-state index >= 15 is 0 Å². The predicted octanol–water partition coefficient (Wildman–Crippen LogP) is 17.4. The second kappa shape index (κ2) is 91.0. The topological polar surface area (TPSA) is 0 Å². The van der Waals surface area contributed by atoms with Gasteiger partial charge in [0.05, 0.1) is 0 Å². The van der Waals surface area contributed by atoms with Crippen LogP contribution in [0.2, 0.25) is 0 Å². The molecule has 1 aromatic carbocycles. The average molecular weight is 555 g/mol. The van der Waals surface area contributed by atoms with Gasteiger partial charge in [0.1, 0.15) is 0 Å². The Kier molecular flexibility index (Phi) is 217. The van der Waals surface area contributed by atoms with Crippen LogP contribution in [0.4, 0.5) is 0 Å². The normalized spacial score (nSPS) is 6.66. The molecule has 0 spiro atoms. The van der Waals surface area contributed by atoms with Crippen LogP contribution in [0.15, 0.2) is 30.3 Å². The van der Waals surface area contributed by atoms with E-state index in [4.69, 9.17) is 0 Å². The van der Waals surface area contributed by atoms with Gasteiger partial charge < -0.3 is 0 Å². The number of hydrogen-bond acceptors (Lipinski definition) is 0. The molecule has 250 valence electrons. The zero-order valence-electron chi connectivity index (χ0n) is 19.0. The van der Waals surface area contributed by atoms with Gasteiger partial charge in [0.25, 0.3) is 0 Å². The summed E-state index contributed by atoms with van der Waals surface area (Å²) in [7, 11) is 0. The molecule has 0 fully saturated rings. The first-order chi connectivity index (χ1) is 12.8. The van der Waals surface area contributed by atoms with Crippen molar-refractivity contribution in [1.82, 2.24) is 0 Å². The third kappa shape index (κ3) is 91.6. The van der Waals surface area contributed by atoms with Crippen molar-refractivity contribution >= 4 is 0 Å². The van der Waals surface area contributed by atoms with E-state index in [0.717, 1.165) is 6.42 Å². The molecule has 0 bridgehead atoms. The van der Waals surface area contributed by atoms with Crippen molar-refractivity contribution in [2.75, 3.05) is 0 Å². The fourth-order valence-corrected chi connectivity index (χ4v) is 2.77. The summed E-state index contributed by atoms with van der Waals surface area (Å²) in [4.78, 5) is 0. The van der Waals surface area contributed by atoms with Crippen LogP contribution >= 0.6 is 0 Å². The van der Waals surface area contributed by atoms with E-state index in [2.05, 4.69) is 58.9 Å². The van der Waals surface area contributed by atoms with E-state index in [0.29, 0.717) is 0 Å². The maximum Gasteiger partial charge on any atom is -0.0307 e. The van der Waals surface area contributed by atoms with Crippen molar-refractivity contribution in [1.29, 1.82) is 0 Å². The molecule has 0 nitrogen and oxygen atoms in total. The van der Waals surface area contributed by atoms with E-state index in [1.165, 1.54) is 95.5 Å². The Balaban J connectivity index is -0.0000000164. The lowest BCUT2D eigenvalue weighted by molar-refractivity contribution is 0.602. The average Bonchev–Trinajstić information content (AvgIpc) is 2.69. The van der Waals surface area contributed by atoms with Crippen molar-refractivity contribution in [3.63, 3.8) is 0 Å². The monoisotopic (exact) mass is 555 g/mol. The SMILES string of the molecule is C.C.C.C.C.C.C.C.C.C.C.C.CCCCCCCCC.CCCCCCCCC.CCc1ccccc1. The molecule has 0 heteroatoms. The van der Waals surface area contributed by atoms with E-state index < -0.39 is 0 Å². The Bertz CT molecular complexity index is 288. The predicted molar refractivity (Wildman–Crippen MR) is 204 cm³/mol. The van der Waals surface area contributed by atoms with Crippen LogP contribution < -0.4 is 0 Å². The first-order valence-electron chi connectivity index (χ1n) is 11.8. The van der Waals surface area contributed by atoms with Crippen molar-refractivity contribution in [2.45, 2.75) is 220 Å². The molecule has 1 rings (SSSR count). The van der Waals surface area contributed by atoms with Crippen LogP contribution in [0.5, 0.6) is 0 Å². The Hall–Kier alpha value is -0.780. The number of rotatable bonds is 13. The van der Waals surface area contributed by atoms with Crippen molar-refractivity contribution in [3.05, 3.63) is 35.9 Å². The molecule has 0 amide bonds. The van der Waals surface area contributed by atoms with Gasteiger partial charge in [-0.05, 0) is 12.0 Å². The Morgan fingerprint density at radius 2 is 0.526 bits per heavy atom. The van der Waals surface area contributed by atoms with Crippen LogP contribution in [0, 0.1) is 0 Å². The summed E-state index contributed by atoms with van der Waals surface area (Å²) in [6.45, 7) is 11.2. The molecule has 0 aliphatic rings. The number of unbranched alkanes of at least 4 members (excludes halogenated alkanes) is 12. The second-order valence-corrected chi connectivity index (χ2v) is 7.37. The fraction of sp³-hybridized carbons (Fsp3) is 0.842. The van der Waals surface area contributed by atoms with Gasteiger partial charge in [-0.15, -0.1) is 0 Å². The Morgan fingerprint density at radius 1 is 0.316 bits per heavy atom. The zero-order chi connectivity index (χ0) is 19.7. The Morgan fingerprint density at radius 3 is 0.684 bits per heavy atom. The molecule has 1 aromatic rings. The van der Waals surface area contributed by atoms with Crippen LogP contribution in [-0.4, -0.2) is 0 Å². The quantitative estimate of drug-likeness (QED) is 0.213. The maximum absolute atomic E-state index is 2.26. The first kappa shape index (κ1) is 90.6. The first-order valence-corrected chi connectivity index (χ1v) is 11.8. The minimum Gasteiger partial charge on any atom is -0.0776 e. The van der Waals surface area contributed by atoms with Gasteiger partial charge in [0, 0.05) is 0 Å². The van der Waals surface area contributed by atoms with Gasteiger partial charge in [0.2, 0.25) is 0 Å². The maximum atomic E-state index is 2.26. The molecule has 0 saturated carbocycles. The highest BCUT2D eigenvalue weighted by molar-refractivity contribution is 5.13. The Labute approximate surface area is 255 Å². The molecule has 0 heterocycles. The van der Waals surface area contributed by atoms with Crippen LogP contribution in [0.1, 0.15) is 219 Å². The molecule has 0 aliphatic heterocycles. The highest BCUT2D eigenvalue weighted by atomic mass is 13.9. The minimum atomic E-state index is 0. The van der Waals surface area contributed by atoms with Gasteiger partial charge in [-0.3, -0.25) is 0 Å². The number of benzene rings is 1. The smallest absolute Gasteiger partial charge is 0.0307 e. The third-order valence-electron chi connectivity index (χ3n) is 4.67. The molecule has 0 saturated heterocycles. The lowest BCUT2D eigenvalue weighted by atomic mass is 10.1. The van der Waals surface area contributed by atoms with E-state index in [-0.39, 0.29) is 89.1 Å². The third-order valence-corrected chi connectivity index (χ3v) is 4.67. The van der Waals surface area contributed by atoms with Gasteiger partial charge in [-0.2, -0.15) is 0 Å². The van der Waals surface area contributed by atoms with Gasteiger partial charge in [-0.25, -0.2) is 0 Å². The summed E-state index contributed by atoms with van der Waals surface area (Å²) in [5.41, 5.74) is 1.41. The molecule has 38 heavy (non-hydrogen) atoms. The van der Waals surface area contributed by atoms with Gasteiger partial charge in [0.15, 0.2) is 0 Å². The lowest BCUT2D eigenvalue weighted by Gasteiger charge is -1.96. The second-order valence-electron chi connectivity index (χ2n) is 7.37. The van der Waals surface area contributed by atoms with Crippen LogP contribution in [0.3, 0.4) is 0 Å². The largest absolute Gasteiger partial charge is 0.0776 e. The molecule has 0 atom stereocenters. The fourth-order valence-electron chi connectivity index (χ4n) is 2.77. The molecule has 0 radical (unpaired) electrons. The number of aryl methyl sites for hydroxylation is 1. The summed E-state index contributed by atoms with van der Waals surface area (Å²) in [6, 6.07) is 10.5. The molecule has 0 unspecified atom stereocenters. The van der Waals surface area contributed by atoms with E-state index in [1.807, 2.05) is 6.07 Å². The van der Waals surface area contributed by atoms with Crippen LogP contribution in [0.25, 0.3) is 0 Å². The van der Waals surface area contributed by atoms with E-state index in [9.17, 15) is 0 Å². The highest BCUT2D eigenvalue weighted by Crippen LogP contribution is 2.06. The summed E-state index contributed by atoms with van der Waals surface area (Å²) >= 11 is 0. The minimum absolute atomic E-state index is 0. The standard InChI is InChI=1S/2C9H20.C8H10.12CH4/c2*1-3-5-7-9-8-6-4-2;1-2-8-6-4-3-5-7-8;;;;;;;;;;;;/h2*3-9H2,1-2H3;3-7H,2H2,1H3;12*1H4. The van der Waals surface area contributed by atoms with Gasteiger partial charge >= 0.3 is 0 Å². The number of hydrogen-bond donors (Lipinski definition) is 0. The molecular weight excluding hydrogens is 456 g/mol. The van der Waals surface area contributed by atoms with Crippen LogP contribution in [-0.2, 0) is 6.42 Å². The molecule has 0 N–H and O–H groups in total. The van der Waals surface area contributed by atoms with Crippen molar-refractivity contribution in [3.8, 4) is 0 Å².